The third-order valence-electron chi connectivity index (χ3n) is 4.82. The summed E-state index contributed by atoms with van der Waals surface area (Å²) in [6.07, 6.45) is -0.838. The van der Waals surface area contributed by atoms with Crippen molar-refractivity contribution in [2.75, 3.05) is 11.8 Å². The van der Waals surface area contributed by atoms with Crippen LogP contribution in [0.2, 0.25) is 0 Å². The number of carbonyl (C=O) groups is 1. The zero-order valence-corrected chi connectivity index (χ0v) is 19.2. The van der Waals surface area contributed by atoms with Crippen LogP contribution < -0.4 is 9.46 Å². The van der Waals surface area contributed by atoms with Crippen molar-refractivity contribution >= 4 is 21.7 Å². The monoisotopic (exact) mass is 479 g/mol. The van der Waals surface area contributed by atoms with Gasteiger partial charge in [0.2, 0.25) is 5.89 Å². The minimum absolute atomic E-state index is 0.0623. The highest BCUT2D eigenvalue weighted by molar-refractivity contribution is 7.92. The molecule has 1 N–H and O–H groups in total. The molecule has 0 radical (unpaired) electrons. The van der Waals surface area contributed by atoms with Crippen molar-refractivity contribution < 1.29 is 27.1 Å². The number of rotatable bonds is 8. The molecule has 3 aromatic carbocycles. The Morgan fingerprint density at radius 3 is 2.41 bits per heavy atom. The second-order valence-corrected chi connectivity index (χ2v) is 8.90. The Labute approximate surface area is 196 Å². The molecule has 4 aromatic rings. The lowest BCUT2D eigenvalue weighted by molar-refractivity contribution is 0.0279. The highest BCUT2D eigenvalue weighted by atomic mass is 32.2. The van der Waals surface area contributed by atoms with Gasteiger partial charge in [-0.1, -0.05) is 24.3 Å². The molecule has 174 valence electrons. The molecular formula is C24H21N3O6S. The molecule has 0 amide bonds. The number of nitrogens with zero attached hydrogens (tertiary/aromatic N) is 2. The van der Waals surface area contributed by atoms with Gasteiger partial charge in [-0.15, -0.1) is 10.2 Å². The number of hydrogen-bond donors (Lipinski definition) is 1. The summed E-state index contributed by atoms with van der Waals surface area (Å²) < 4.78 is 44.1. The molecule has 34 heavy (non-hydrogen) atoms. The number of methoxy groups -OCH3 is 1. The summed E-state index contributed by atoms with van der Waals surface area (Å²) in [5.41, 5.74) is 1.15. The molecule has 1 atom stereocenters. The quantitative estimate of drug-likeness (QED) is 0.368. The molecule has 10 heteroatoms. The van der Waals surface area contributed by atoms with Crippen LogP contribution in [0, 0.1) is 0 Å². The smallest absolute Gasteiger partial charge is 0.338 e. The van der Waals surface area contributed by atoms with Crippen molar-refractivity contribution in [1.29, 1.82) is 0 Å². The zero-order valence-electron chi connectivity index (χ0n) is 18.3. The second-order valence-electron chi connectivity index (χ2n) is 7.22. The summed E-state index contributed by atoms with van der Waals surface area (Å²) in [7, 11) is -2.42. The fraction of sp³-hybridized carbons (Fsp3) is 0.125. The van der Waals surface area contributed by atoms with E-state index in [0.29, 0.717) is 17.3 Å². The summed E-state index contributed by atoms with van der Waals surface area (Å²) in [4.78, 5) is 12.6. The predicted molar refractivity (Wildman–Crippen MR) is 124 cm³/mol. The average Bonchev–Trinajstić information content (AvgIpc) is 3.36. The van der Waals surface area contributed by atoms with Gasteiger partial charge in [0, 0.05) is 11.3 Å². The molecule has 0 bridgehead atoms. The van der Waals surface area contributed by atoms with Crippen molar-refractivity contribution in [2.45, 2.75) is 17.9 Å². The maximum atomic E-state index is 12.8. The standard InChI is InChI=1S/C24H21N3O6S/c1-16(22-25-26-23(33-22)17-7-4-3-5-8-17)32-24(28)18-9-6-10-21(15-18)34(29,30)27-19-11-13-20(31-2)14-12-19/h3-16,27H,1-2H3. The van der Waals surface area contributed by atoms with Gasteiger partial charge in [0.15, 0.2) is 6.10 Å². The number of anilines is 1. The lowest BCUT2D eigenvalue weighted by Gasteiger charge is -2.11. The molecule has 1 heterocycles. The van der Waals surface area contributed by atoms with Gasteiger partial charge in [0.05, 0.1) is 17.6 Å². The minimum Gasteiger partial charge on any atom is -0.497 e. The van der Waals surface area contributed by atoms with E-state index in [9.17, 15) is 13.2 Å². The average molecular weight is 480 g/mol. The van der Waals surface area contributed by atoms with Crippen molar-refractivity contribution in [2.24, 2.45) is 0 Å². The molecule has 0 aliphatic heterocycles. The van der Waals surface area contributed by atoms with E-state index in [4.69, 9.17) is 13.9 Å². The number of carbonyl (C=O) groups excluding carboxylic acids is 1. The first-order valence-corrected chi connectivity index (χ1v) is 11.7. The zero-order chi connectivity index (χ0) is 24.1. The molecule has 0 spiro atoms. The maximum Gasteiger partial charge on any atom is 0.338 e. The predicted octanol–water partition coefficient (Wildman–Crippen LogP) is 4.46. The van der Waals surface area contributed by atoms with Gasteiger partial charge in [-0.25, -0.2) is 13.2 Å². The van der Waals surface area contributed by atoms with E-state index in [0.717, 1.165) is 5.56 Å². The lowest BCUT2D eigenvalue weighted by Crippen LogP contribution is -2.15. The van der Waals surface area contributed by atoms with Crippen LogP contribution >= 0.6 is 0 Å². The van der Waals surface area contributed by atoms with Crippen LogP contribution in [-0.4, -0.2) is 31.7 Å². The minimum atomic E-state index is -3.94. The Balaban J connectivity index is 1.46. The van der Waals surface area contributed by atoms with E-state index >= 15 is 0 Å². The van der Waals surface area contributed by atoms with Gasteiger partial charge in [0.25, 0.3) is 15.9 Å². The molecule has 0 saturated carbocycles. The van der Waals surface area contributed by atoms with Crippen LogP contribution in [-0.2, 0) is 14.8 Å². The van der Waals surface area contributed by atoms with Crippen LogP contribution in [0.1, 0.15) is 29.3 Å². The summed E-state index contributed by atoms with van der Waals surface area (Å²) in [5, 5.41) is 7.93. The largest absolute Gasteiger partial charge is 0.497 e. The second kappa shape index (κ2) is 9.75. The first kappa shape index (κ1) is 23.0. The number of aromatic nitrogens is 2. The van der Waals surface area contributed by atoms with E-state index in [1.54, 1.807) is 31.2 Å². The number of benzene rings is 3. The molecule has 0 aliphatic rings. The number of esters is 1. The SMILES string of the molecule is COc1ccc(NS(=O)(=O)c2cccc(C(=O)OC(C)c3nnc(-c4ccccc4)o3)c2)cc1. The molecule has 4 rings (SSSR count). The summed E-state index contributed by atoms with van der Waals surface area (Å²) in [6, 6.07) is 21.2. The van der Waals surface area contributed by atoms with E-state index < -0.39 is 22.1 Å². The Bertz CT molecular complexity index is 1390. The summed E-state index contributed by atoms with van der Waals surface area (Å²) >= 11 is 0. The van der Waals surface area contributed by atoms with Crippen LogP contribution in [0.25, 0.3) is 11.5 Å². The lowest BCUT2D eigenvalue weighted by atomic mass is 10.2. The summed E-state index contributed by atoms with van der Waals surface area (Å²) in [6.45, 7) is 1.59. The Kier molecular flexibility index (Phi) is 6.60. The molecule has 0 fully saturated rings. The Hall–Kier alpha value is -4.18. The number of sulfonamides is 1. The van der Waals surface area contributed by atoms with Gasteiger partial charge in [-0.2, -0.15) is 0 Å². The highest BCUT2D eigenvalue weighted by Gasteiger charge is 2.22. The fourth-order valence-corrected chi connectivity index (χ4v) is 4.14. The first-order chi connectivity index (χ1) is 16.4. The molecule has 0 aliphatic carbocycles. The van der Waals surface area contributed by atoms with Gasteiger partial charge in [-0.3, -0.25) is 4.72 Å². The summed E-state index contributed by atoms with van der Waals surface area (Å²) in [5.74, 6) is 0.292. The van der Waals surface area contributed by atoms with Crippen LogP contribution in [0.4, 0.5) is 5.69 Å². The van der Waals surface area contributed by atoms with Crippen molar-refractivity contribution in [3.05, 3.63) is 90.3 Å². The first-order valence-electron chi connectivity index (χ1n) is 10.2. The maximum absolute atomic E-state index is 12.8. The van der Waals surface area contributed by atoms with Gasteiger partial charge < -0.3 is 13.9 Å². The van der Waals surface area contributed by atoms with Gasteiger partial charge in [-0.05, 0) is 61.5 Å². The Morgan fingerprint density at radius 1 is 0.971 bits per heavy atom. The number of hydrogen-bond acceptors (Lipinski definition) is 8. The van der Waals surface area contributed by atoms with Crippen LogP contribution in [0.15, 0.2) is 88.2 Å². The Morgan fingerprint density at radius 2 is 1.71 bits per heavy atom. The molecule has 1 aromatic heterocycles. The third-order valence-corrected chi connectivity index (χ3v) is 6.19. The van der Waals surface area contributed by atoms with Gasteiger partial charge in [0.1, 0.15) is 5.75 Å². The normalized spacial score (nSPS) is 12.1. The van der Waals surface area contributed by atoms with Crippen molar-refractivity contribution in [3.63, 3.8) is 0 Å². The molecule has 0 saturated heterocycles. The van der Waals surface area contributed by atoms with Crippen LogP contribution in [0.5, 0.6) is 5.75 Å². The van der Waals surface area contributed by atoms with Gasteiger partial charge >= 0.3 is 5.97 Å². The highest BCUT2D eigenvalue weighted by Crippen LogP contribution is 2.24. The number of nitrogens with one attached hydrogen (secondary N) is 1. The topological polar surface area (TPSA) is 121 Å². The third kappa shape index (κ3) is 5.24. The number of ether oxygens (including phenoxy) is 2. The molecule has 1 unspecified atom stereocenters. The van der Waals surface area contributed by atoms with Crippen molar-refractivity contribution in [3.8, 4) is 17.2 Å². The fourth-order valence-electron chi connectivity index (χ4n) is 3.04. The van der Waals surface area contributed by atoms with E-state index in [1.165, 1.54) is 31.4 Å². The van der Waals surface area contributed by atoms with E-state index in [-0.39, 0.29) is 16.3 Å². The van der Waals surface area contributed by atoms with E-state index in [1.807, 2.05) is 30.3 Å². The van der Waals surface area contributed by atoms with Crippen molar-refractivity contribution in [1.82, 2.24) is 10.2 Å². The van der Waals surface area contributed by atoms with Crippen LogP contribution in [0.3, 0.4) is 0 Å². The molecule has 9 nitrogen and oxygen atoms in total. The molecular weight excluding hydrogens is 458 g/mol. The van der Waals surface area contributed by atoms with E-state index in [2.05, 4.69) is 14.9 Å².